The molecule has 2 unspecified atom stereocenters. The van der Waals surface area contributed by atoms with E-state index in [4.69, 9.17) is 9.47 Å². The van der Waals surface area contributed by atoms with Gasteiger partial charge in [0.25, 0.3) is 0 Å². The Morgan fingerprint density at radius 1 is 1.43 bits per heavy atom. The average molecular weight is 290 g/mol. The van der Waals surface area contributed by atoms with Crippen molar-refractivity contribution in [2.75, 3.05) is 19.9 Å². The Morgan fingerprint density at radius 3 is 3.05 bits per heavy atom. The molecule has 0 saturated carbocycles. The Bertz CT molecular complexity index is 532. The zero-order valence-corrected chi connectivity index (χ0v) is 12.6. The van der Waals surface area contributed by atoms with Gasteiger partial charge < -0.3 is 19.7 Å². The Labute approximate surface area is 125 Å². The number of benzene rings is 1. The molecular weight excluding hydrogens is 268 g/mol. The third-order valence-corrected chi connectivity index (χ3v) is 4.38. The number of ether oxygens (including phenoxy) is 2. The Hall–Kier alpha value is -1.75. The molecule has 1 fully saturated rings. The minimum atomic E-state index is 0.173. The number of hydrogen-bond acceptors (Lipinski definition) is 4. The summed E-state index contributed by atoms with van der Waals surface area (Å²) in [5.41, 5.74) is 1.13. The molecule has 0 aliphatic carbocycles. The van der Waals surface area contributed by atoms with E-state index in [0.29, 0.717) is 18.8 Å². The van der Waals surface area contributed by atoms with Crippen molar-refractivity contribution in [2.45, 2.75) is 32.9 Å². The van der Waals surface area contributed by atoms with Gasteiger partial charge in [0.15, 0.2) is 11.5 Å². The fourth-order valence-electron chi connectivity index (χ4n) is 3.11. The zero-order valence-electron chi connectivity index (χ0n) is 12.6. The van der Waals surface area contributed by atoms with E-state index >= 15 is 0 Å². The first-order chi connectivity index (χ1) is 10.1. The van der Waals surface area contributed by atoms with E-state index in [1.54, 1.807) is 6.92 Å². The minimum absolute atomic E-state index is 0.173. The number of piperidine rings is 1. The molecule has 5 heteroatoms. The number of rotatable bonds is 3. The molecule has 1 aromatic rings. The second-order valence-corrected chi connectivity index (χ2v) is 5.87. The van der Waals surface area contributed by atoms with Crippen molar-refractivity contribution in [1.82, 2.24) is 10.2 Å². The molecule has 2 aliphatic rings. The monoisotopic (exact) mass is 290 g/mol. The molecule has 2 atom stereocenters. The molecule has 0 spiro atoms. The van der Waals surface area contributed by atoms with Crippen LogP contribution in [0.25, 0.3) is 0 Å². The van der Waals surface area contributed by atoms with Crippen molar-refractivity contribution < 1.29 is 14.3 Å². The van der Waals surface area contributed by atoms with Crippen LogP contribution in [0.5, 0.6) is 11.5 Å². The van der Waals surface area contributed by atoms with Gasteiger partial charge in [-0.15, -0.1) is 0 Å². The van der Waals surface area contributed by atoms with Crippen molar-refractivity contribution in [1.29, 1.82) is 0 Å². The van der Waals surface area contributed by atoms with E-state index in [1.807, 2.05) is 17.0 Å². The van der Waals surface area contributed by atoms with Gasteiger partial charge in [0.05, 0.1) is 0 Å². The average Bonchev–Trinajstić information content (AvgIpc) is 2.94. The van der Waals surface area contributed by atoms with Gasteiger partial charge in [-0.3, -0.25) is 4.79 Å². The van der Waals surface area contributed by atoms with Gasteiger partial charge >= 0.3 is 0 Å². The smallest absolute Gasteiger partial charge is 0.231 e. The van der Waals surface area contributed by atoms with Crippen LogP contribution in [0.2, 0.25) is 0 Å². The van der Waals surface area contributed by atoms with Gasteiger partial charge in [-0.1, -0.05) is 19.1 Å². The number of nitrogens with one attached hydrogen (secondary N) is 1. The first-order valence-electron chi connectivity index (χ1n) is 7.51. The van der Waals surface area contributed by atoms with Crippen LogP contribution in [-0.4, -0.2) is 36.7 Å². The highest BCUT2D eigenvalue weighted by molar-refractivity contribution is 5.73. The van der Waals surface area contributed by atoms with Gasteiger partial charge in [-0.25, -0.2) is 0 Å². The number of carbonyl (C=O) groups excluding carboxylic acids is 1. The summed E-state index contributed by atoms with van der Waals surface area (Å²) in [5, 5.41) is 3.60. The summed E-state index contributed by atoms with van der Waals surface area (Å²) in [4.78, 5) is 13.4. The molecule has 3 rings (SSSR count). The molecular formula is C16H22N2O3. The van der Waals surface area contributed by atoms with Crippen LogP contribution in [0.3, 0.4) is 0 Å². The van der Waals surface area contributed by atoms with Gasteiger partial charge in [-0.2, -0.15) is 0 Å². The second-order valence-electron chi connectivity index (χ2n) is 5.87. The highest BCUT2D eigenvalue weighted by atomic mass is 16.7. The lowest BCUT2D eigenvalue weighted by Crippen LogP contribution is -2.49. The minimum Gasteiger partial charge on any atom is -0.454 e. The van der Waals surface area contributed by atoms with Crippen LogP contribution in [0.1, 0.15) is 25.8 Å². The van der Waals surface area contributed by atoms with Crippen molar-refractivity contribution in [3.8, 4) is 11.5 Å². The van der Waals surface area contributed by atoms with E-state index < -0.39 is 0 Å². The highest BCUT2D eigenvalue weighted by Gasteiger charge is 2.27. The molecule has 1 saturated heterocycles. The van der Waals surface area contributed by atoms with Crippen LogP contribution in [0.15, 0.2) is 18.2 Å². The van der Waals surface area contributed by atoms with Gasteiger partial charge in [0, 0.05) is 38.2 Å². The van der Waals surface area contributed by atoms with Crippen LogP contribution >= 0.6 is 0 Å². The Kier molecular flexibility index (Phi) is 4.01. The number of para-hydroxylation sites is 1. The van der Waals surface area contributed by atoms with Crippen LogP contribution in [-0.2, 0) is 11.3 Å². The topological polar surface area (TPSA) is 50.8 Å². The quantitative estimate of drug-likeness (QED) is 0.921. The number of carbonyl (C=O) groups is 1. The third kappa shape index (κ3) is 2.97. The highest BCUT2D eigenvalue weighted by Crippen LogP contribution is 2.35. The number of amides is 1. The molecule has 2 aliphatic heterocycles. The first-order valence-corrected chi connectivity index (χ1v) is 7.51. The molecule has 1 N–H and O–H groups in total. The summed E-state index contributed by atoms with van der Waals surface area (Å²) in [6.45, 7) is 6.58. The molecule has 2 heterocycles. The summed E-state index contributed by atoms with van der Waals surface area (Å²) in [6.07, 6.45) is 0.993. The van der Waals surface area contributed by atoms with Crippen LogP contribution < -0.4 is 14.8 Å². The van der Waals surface area contributed by atoms with E-state index in [9.17, 15) is 4.79 Å². The number of nitrogens with zero attached hydrogens (tertiary/aromatic N) is 1. The molecule has 0 radical (unpaired) electrons. The first kappa shape index (κ1) is 14.2. The number of likely N-dealkylation sites (tertiary alicyclic amines) is 1. The van der Waals surface area contributed by atoms with Gasteiger partial charge in [0.2, 0.25) is 12.7 Å². The standard InChI is InChI=1S/C16H22N2O3/c1-11-9-18(12(2)19)7-6-14(11)17-8-13-4-3-5-15-16(13)21-10-20-15/h3-5,11,14,17H,6-10H2,1-2H3. The van der Waals surface area contributed by atoms with Crippen molar-refractivity contribution in [2.24, 2.45) is 5.92 Å². The van der Waals surface area contributed by atoms with E-state index in [2.05, 4.69) is 18.3 Å². The van der Waals surface area contributed by atoms with E-state index in [0.717, 1.165) is 43.1 Å². The van der Waals surface area contributed by atoms with Crippen LogP contribution in [0.4, 0.5) is 0 Å². The maximum Gasteiger partial charge on any atom is 0.231 e. The molecule has 1 amide bonds. The SMILES string of the molecule is CC(=O)N1CCC(NCc2cccc3c2OCO3)C(C)C1. The number of fused-ring (bicyclic) bond motifs is 1. The normalized spacial score (nSPS) is 24.2. The van der Waals surface area contributed by atoms with Gasteiger partial charge in [-0.05, 0) is 18.4 Å². The fourth-order valence-corrected chi connectivity index (χ4v) is 3.11. The lowest BCUT2D eigenvalue weighted by molar-refractivity contribution is -0.130. The molecule has 5 nitrogen and oxygen atoms in total. The third-order valence-electron chi connectivity index (χ3n) is 4.38. The van der Waals surface area contributed by atoms with E-state index in [-0.39, 0.29) is 5.91 Å². The van der Waals surface area contributed by atoms with Gasteiger partial charge in [0.1, 0.15) is 0 Å². The van der Waals surface area contributed by atoms with Crippen molar-refractivity contribution >= 4 is 5.91 Å². The lowest BCUT2D eigenvalue weighted by atomic mass is 9.93. The summed E-state index contributed by atoms with van der Waals surface area (Å²) in [7, 11) is 0. The van der Waals surface area contributed by atoms with Crippen molar-refractivity contribution in [3.05, 3.63) is 23.8 Å². The summed E-state index contributed by atoms with van der Waals surface area (Å²) < 4.78 is 10.9. The molecule has 114 valence electrons. The predicted molar refractivity (Wildman–Crippen MR) is 79.2 cm³/mol. The Morgan fingerprint density at radius 2 is 2.29 bits per heavy atom. The molecule has 0 aromatic heterocycles. The molecule has 1 aromatic carbocycles. The fraction of sp³-hybridized carbons (Fsp3) is 0.562. The zero-order chi connectivity index (χ0) is 14.8. The van der Waals surface area contributed by atoms with E-state index in [1.165, 1.54) is 0 Å². The van der Waals surface area contributed by atoms with Crippen molar-refractivity contribution in [3.63, 3.8) is 0 Å². The second kappa shape index (κ2) is 5.93. The lowest BCUT2D eigenvalue weighted by Gasteiger charge is -2.37. The largest absolute Gasteiger partial charge is 0.454 e. The molecule has 21 heavy (non-hydrogen) atoms. The summed E-state index contributed by atoms with van der Waals surface area (Å²) >= 11 is 0. The maximum atomic E-state index is 11.4. The Balaban J connectivity index is 1.59. The van der Waals surface area contributed by atoms with Crippen LogP contribution in [0, 0.1) is 5.92 Å². The summed E-state index contributed by atoms with van der Waals surface area (Å²) in [6, 6.07) is 6.42. The molecule has 0 bridgehead atoms. The predicted octanol–water partition coefficient (Wildman–Crippen LogP) is 1.76. The summed E-state index contributed by atoms with van der Waals surface area (Å²) in [5.74, 6) is 2.32. The number of hydrogen-bond donors (Lipinski definition) is 1. The maximum absolute atomic E-state index is 11.4.